The van der Waals surface area contributed by atoms with Crippen LogP contribution >= 0.6 is 0 Å². The molecule has 9 heteroatoms. The van der Waals surface area contributed by atoms with Gasteiger partial charge in [-0.15, -0.1) is 0 Å². The van der Waals surface area contributed by atoms with Gasteiger partial charge in [-0.1, -0.05) is 11.2 Å². The lowest BCUT2D eigenvalue weighted by atomic mass is 10.0. The number of aromatic nitrogens is 3. The summed E-state index contributed by atoms with van der Waals surface area (Å²) in [6, 6.07) is 7.05. The number of carbonyl (C=O) groups is 2. The summed E-state index contributed by atoms with van der Waals surface area (Å²) in [5.74, 6) is 0.618. The molecule has 0 unspecified atom stereocenters. The first-order valence-corrected chi connectivity index (χ1v) is 9.23. The van der Waals surface area contributed by atoms with E-state index in [1.807, 2.05) is 32.2 Å². The predicted molar refractivity (Wildman–Crippen MR) is 106 cm³/mol. The molecule has 0 fully saturated rings. The number of carbonyl (C=O) groups excluding carboxylic acids is 1. The van der Waals surface area contributed by atoms with Crippen molar-refractivity contribution in [1.29, 1.82) is 0 Å². The summed E-state index contributed by atoms with van der Waals surface area (Å²) in [4.78, 5) is 26.8. The van der Waals surface area contributed by atoms with Crippen LogP contribution in [0, 0.1) is 6.92 Å². The molecule has 0 bridgehead atoms. The standard InChI is InChI=1S/C20H21N5O4/c1-12-9-24(20(27)28)19-7-15(4-5-18(19)25(12)14(3)26)16-8-21-23(10-16)11-17-6-13(2)29-22-17/h4-8,10,12H,9,11H2,1-3H3,(H,27,28)/t12-/m0/s1. The summed E-state index contributed by atoms with van der Waals surface area (Å²) in [6.45, 7) is 5.84. The van der Waals surface area contributed by atoms with Crippen LogP contribution < -0.4 is 9.80 Å². The summed E-state index contributed by atoms with van der Waals surface area (Å²) in [7, 11) is 0. The maximum Gasteiger partial charge on any atom is 0.411 e. The van der Waals surface area contributed by atoms with Crippen molar-refractivity contribution in [3.8, 4) is 11.1 Å². The molecule has 1 aliphatic heterocycles. The Labute approximate surface area is 167 Å². The van der Waals surface area contributed by atoms with Crippen LogP contribution in [-0.4, -0.2) is 44.6 Å². The number of benzene rings is 1. The van der Waals surface area contributed by atoms with Crippen molar-refractivity contribution in [1.82, 2.24) is 14.9 Å². The third-order valence-corrected chi connectivity index (χ3v) is 4.95. The van der Waals surface area contributed by atoms with Crippen molar-refractivity contribution < 1.29 is 19.2 Å². The first-order chi connectivity index (χ1) is 13.8. The minimum absolute atomic E-state index is 0.118. The predicted octanol–water partition coefficient (Wildman–Crippen LogP) is 3.13. The molecule has 29 heavy (non-hydrogen) atoms. The Morgan fingerprint density at radius 1 is 1.24 bits per heavy atom. The molecule has 1 aromatic carbocycles. The molecule has 3 aromatic rings. The summed E-state index contributed by atoms with van der Waals surface area (Å²) in [5, 5.41) is 18.0. The van der Waals surface area contributed by atoms with Crippen LogP contribution in [0.3, 0.4) is 0 Å². The third-order valence-electron chi connectivity index (χ3n) is 4.95. The molecular formula is C20H21N5O4. The van der Waals surface area contributed by atoms with Crippen molar-refractivity contribution in [2.24, 2.45) is 0 Å². The molecule has 1 aliphatic rings. The van der Waals surface area contributed by atoms with Crippen molar-refractivity contribution in [3.63, 3.8) is 0 Å². The number of rotatable bonds is 3. The zero-order valence-corrected chi connectivity index (χ0v) is 16.4. The third kappa shape index (κ3) is 3.46. The highest BCUT2D eigenvalue weighted by Crippen LogP contribution is 2.38. The molecule has 0 aliphatic carbocycles. The zero-order valence-electron chi connectivity index (χ0n) is 16.4. The van der Waals surface area contributed by atoms with E-state index in [0.29, 0.717) is 17.9 Å². The van der Waals surface area contributed by atoms with E-state index < -0.39 is 6.09 Å². The van der Waals surface area contributed by atoms with Crippen LogP contribution in [0.15, 0.2) is 41.2 Å². The Morgan fingerprint density at radius 3 is 2.69 bits per heavy atom. The second-order valence-corrected chi connectivity index (χ2v) is 7.19. The van der Waals surface area contributed by atoms with Crippen molar-refractivity contribution in [2.45, 2.75) is 33.4 Å². The van der Waals surface area contributed by atoms with Gasteiger partial charge in [-0.25, -0.2) is 4.79 Å². The van der Waals surface area contributed by atoms with Gasteiger partial charge < -0.3 is 14.5 Å². The van der Waals surface area contributed by atoms with E-state index in [1.54, 1.807) is 27.9 Å². The van der Waals surface area contributed by atoms with E-state index in [-0.39, 0.29) is 18.5 Å². The average molecular weight is 395 g/mol. The molecule has 0 radical (unpaired) electrons. The number of nitrogens with zero attached hydrogens (tertiary/aromatic N) is 5. The van der Waals surface area contributed by atoms with Gasteiger partial charge in [0.2, 0.25) is 5.91 Å². The first kappa shape index (κ1) is 18.7. The quantitative estimate of drug-likeness (QED) is 0.730. The average Bonchev–Trinajstić information content (AvgIpc) is 3.29. The van der Waals surface area contributed by atoms with Gasteiger partial charge in [0.1, 0.15) is 11.5 Å². The lowest BCUT2D eigenvalue weighted by molar-refractivity contribution is -0.117. The van der Waals surface area contributed by atoms with Crippen LogP contribution in [0.1, 0.15) is 25.3 Å². The molecular weight excluding hydrogens is 374 g/mol. The monoisotopic (exact) mass is 395 g/mol. The largest absolute Gasteiger partial charge is 0.465 e. The molecule has 150 valence electrons. The van der Waals surface area contributed by atoms with Gasteiger partial charge in [0.25, 0.3) is 0 Å². The molecule has 0 spiro atoms. The Morgan fingerprint density at radius 2 is 2.03 bits per heavy atom. The Balaban J connectivity index is 1.69. The number of aryl methyl sites for hydroxylation is 1. The normalized spacial score (nSPS) is 16.0. The van der Waals surface area contributed by atoms with E-state index >= 15 is 0 Å². The van der Waals surface area contributed by atoms with Gasteiger partial charge in [-0.2, -0.15) is 5.10 Å². The Bertz CT molecular complexity index is 1090. The topological polar surface area (TPSA) is 105 Å². The minimum Gasteiger partial charge on any atom is -0.465 e. The van der Waals surface area contributed by atoms with Crippen molar-refractivity contribution in [3.05, 3.63) is 48.1 Å². The lowest BCUT2D eigenvalue weighted by Crippen LogP contribution is -2.51. The van der Waals surface area contributed by atoms with E-state index in [9.17, 15) is 14.7 Å². The maximum absolute atomic E-state index is 12.1. The van der Waals surface area contributed by atoms with Crippen LogP contribution in [0.25, 0.3) is 11.1 Å². The molecule has 1 atom stereocenters. The molecule has 1 N–H and O–H groups in total. The van der Waals surface area contributed by atoms with Gasteiger partial charge in [0, 0.05) is 31.3 Å². The van der Waals surface area contributed by atoms with Gasteiger partial charge in [-0.3, -0.25) is 14.4 Å². The fourth-order valence-electron chi connectivity index (χ4n) is 3.72. The number of hydrogen-bond acceptors (Lipinski definition) is 5. The highest BCUT2D eigenvalue weighted by molar-refractivity contribution is 6.02. The summed E-state index contributed by atoms with van der Waals surface area (Å²) in [6.07, 6.45) is 2.54. The number of amides is 2. The first-order valence-electron chi connectivity index (χ1n) is 9.23. The van der Waals surface area contributed by atoms with Gasteiger partial charge in [0.15, 0.2) is 0 Å². The van der Waals surface area contributed by atoms with E-state index in [1.165, 1.54) is 11.8 Å². The van der Waals surface area contributed by atoms with E-state index in [4.69, 9.17) is 4.52 Å². The number of anilines is 2. The van der Waals surface area contributed by atoms with Crippen LogP contribution in [0.2, 0.25) is 0 Å². The number of fused-ring (bicyclic) bond motifs is 1. The lowest BCUT2D eigenvalue weighted by Gasteiger charge is -2.39. The van der Waals surface area contributed by atoms with Crippen molar-refractivity contribution in [2.75, 3.05) is 16.3 Å². The molecule has 0 saturated carbocycles. The molecule has 2 amide bonds. The van der Waals surface area contributed by atoms with Crippen LogP contribution in [0.5, 0.6) is 0 Å². The highest BCUT2D eigenvalue weighted by Gasteiger charge is 2.33. The van der Waals surface area contributed by atoms with Gasteiger partial charge >= 0.3 is 6.09 Å². The number of hydrogen-bond donors (Lipinski definition) is 1. The highest BCUT2D eigenvalue weighted by atomic mass is 16.5. The second kappa shape index (κ2) is 7.08. The molecule has 3 heterocycles. The summed E-state index contributed by atoms with van der Waals surface area (Å²) >= 11 is 0. The van der Waals surface area contributed by atoms with E-state index in [0.717, 1.165) is 22.6 Å². The number of carboxylic acid groups (broad SMARTS) is 1. The smallest absolute Gasteiger partial charge is 0.411 e. The molecule has 4 rings (SSSR count). The molecule has 2 aromatic heterocycles. The minimum atomic E-state index is -1.05. The van der Waals surface area contributed by atoms with Crippen LogP contribution in [0.4, 0.5) is 16.2 Å². The molecule has 9 nitrogen and oxygen atoms in total. The summed E-state index contributed by atoms with van der Waals surface area (Å²) in [5.41, 5.74) is 3.50. The van der Waals surface area contributed by atoms with Crippen LogP contribution in [-0.2, 0) is 11.3 Å². The maximum atomic E-state index is 12.1. The second-order valence-electron chi connectivity index (χ2n) is 7.19. The Hall–Kier alpha value is -3.62. The fraction of sp³-hybridized carbons (Fsp3) is 0.300. The fourth-order valence-corrected chi connectivity index (χ4v) is 3.72. The van der Waals surface area contributed by atoms with Gasteiger partial charge in [0.05, 0.1) is 30.2 Å². The summed E-state index contributed by atoms with van der Waals surface area (Å²) < 4.78 is 6.82. The zero-order chi connectivity index (χ0) is 20.7. The SMILES string of the molecule is CC(=O)N1c2ccc(-c3cnn(Cc4cc(C)on4)c3)cc2N(C(=O)O)C[C@@H]1C. The van der Waals surface area contributed by atoms with E-state index in [2.05, 4.69) is 10.3 Å². The van der Waals surface area contributed by atoms with Gasteiger partial charge in [-0.05, 0) is 31.5 Å². The Kier molecular flexibility index (Phi) is 4.57. The van der Waals surface area contributed by atoms with Crippen molar-refractivity contribution >= 4 is 23.4 Å². The molecule has 0 saturated heterocycles.